The Morgan fingerprint density at radius 3 is 2.53 bits per heavy atom. The molecule has 0 radical (unpaired) electrons. The Morgan fingerprint density at radius 1 is 1.00 bits per heavy atom. The zero-order valence-corrected chi connectivity index (χ0v) is 20.1. The Hall–Kier alpha value is -3.60. The molecule has 0 saturated carbocycles. The predicted octanol–water partition coefficient (Wildman–Crippen LogP) is 5.82. The van der Waals surface area contributed by atoms with Gasteiger partial charge < -0.3 is 14.2 Å². The average Bonchev–Trinajstić information content (AvgIpc) is 3.39. The minimum atomic E-state index is 0.0472. The Kier molecular flexibility index (Phi) is 6.10. The molecule has 1 fully saturated rings. The van der Waals surface area contributed by atoms with Crippen LogP contribution < -0.4 is 9.64 Å². The molecule has 5 rings (SSSR count). The number of imidazole rings is 1. The second-order valence-corrected chi connectivity index (χ2v) is 9.17. The highest BCUT2D eigenvalue weighted by Gasteiger charge is 2.35. The number of carbonyl (C=O) groups excluding carboxylic acids is 1. The molecular weight excluding hydrogens is 422 g/mol. The highest BCUT2D eigenvalue weighted by Crippen LogP contribution is 2.34. The SMILES string of the molecule is CCc1ccccc1N1CC(c2nc3ccccc3n2CCOc2cc(C)cc(C)c2)CC1=O. The lowest BCUT2D eigenvalue weighted by atomic mass is 10.1. The van der Waals surface area contributed by atoms with Gasteiger partial charge in [0, 0.05) is 24.6 Å². The predicted molar refractivity (Wildman–Crippen MR) is 137 cm³/mol. The molecule has 1 amide bonds. The normalized spacial score (nSPS) is 15.9. The zero-order chi connectivity index (χ0) is 23.7. The molecule has 1 saturated heterocycles. The molecule has 0 aliphatic carbocycles. The molecule has 34 heavy (non-hydrogen) atoms. The van der Waals surface area contributed by atoms with Gasteiger partial charge in [0.05, 0.1) is 17.6 Å². The van der Waals surface area contributed by atoms with Gasteiger partial charge in [-0.2, -0.15) is 0 Å². The van der Waals surface area contributed by atoms with E-state index in [4.69, 9.17) is 9.72 Å². The Balaban J connectivity index is 1.41. The van der Waals surface area contributed by atoms with E-state index in [-0.39, 0.29) is 11.8 Å². The number of amides is 1. The van der Waals surface area contributed by atoms with Crippen LogP contribution in [0.15, 0.2) is 66.7 Å². The zero-order valence-electron chi connectivity index (χ0n) is 20.1. The first-order chi connectivity index (χ1) is 16.5. The van der Waals surface area contributed by atoms with Crippen LogP contribution >= 0.6 is 0 Å². The Labute approximate surface area is 201 Å². The van der Waals surface area contributed by atoms with Gasteiger partial charge in [0.15, 0.2) is 0 Å². The average molecular weight is 454 g/mol. The summed E-state index contributed by atoms with van der Waals surface area (Å²) in [7, 11) is 0. The van der Waals surface area contributed by atoms with E-state index in [0.717, 1.165) is 34.7 Å². The number of ether oxygens (including phenoxy) is 1. The van der Waals surface area contributed by atoms with E-state index in [9.17, 15) is 4.79 Å². The van der Waals surface area contributed by atoms with Crippen LogP contribution in [0.4, 0.5) is 5.69 Å². The van der Waals surface area contributed by atoms with Gasteiger partial charge in [-0.1, -0.05) is 43.3 Å². The molecule has 0 spiro atoms. The number of nitrogens with zero attached hydrogens (tertiary/aromatic N) is 3. The van der Waals surface area contributed by atoms with Crippen LogP contribution in [0.5, 0.6) is 5.75 Å². The quantitative estimate of drug-likeness (QED) is 0.354. The summed E-state index contributed by atoms with van der Waals surface area (Å²) in [6.07, 6.45) is 1.37. The van der Waals surface area contributed by atoms with Gasteiger partial charge in [0.2, 0.25) is 5.91 Å². The Morgan fingerprint density at radius 2 is 1.74 bits per heavy atom. The van der Waals surface area contributed by atoms with Gasteiger partial charge in [0.25, 0.3) is 0 Å². The molecule has 1 aliphatic heterocycles. The van der Waals surface area contributed by atoms with Crippen LogP contribution in [-0.4, -0.2) is 28.6 Å². The van der Waals surface area contributed by atoms with Crippen molar-refractivity contribution in [3.63, 3.8) is 0 Å². The third-order valence-corrected chi connectivity index (χ3v) is 6.62. The molecule has 5 nitrogen and oxygen atoms in total. The number of aryl methyl sites for hydroxylation is 3. The van der Waals surface area contributed by atoms with Gasteiger partial charge in [-0.05, 0) is 67.3 Å². The van der Waals surface area contributed by atoms with E-state index in [0.29, 0.717) is 26.1 Å². The van der Waals surface area contributed by atoms with Gasteiger partial charge >= 0.3 is 0 Å². The van der Waals surface area contributed by atoms with Crippen LogP contribution in [0.25, 0.3) is 11.0 Å². The third kappa shape index (κ3) is 4.30. The molecular formula is C29H31N3O2. The number of anilines is 1. The lowest BCUT2D eigenvalue weighted by Gasteiger charge is -2.20. The van der Waals surface area contributed by atoms with Gasteiger partial charge in [-0.3, -0.25) is 4.79 Å². The second-order valence-electron chi connectivity index (χ2n) is 9.17. The number of hydrogen-bond donors (Lipinski definition) is 0. The van der Waals surface area contributed by atoms with Crippen LogP contribution in [0.3, 0.4) is 0 Å². The van der Waals surface area contributed by atoms with Gasteiger partial charge in [0.1, 0.15) is 18.2 Å². The van der Waals surface area contributed by atoms with Crippen molar-refractivity contribution >= 4 is 22.6 Å². The molecule has 1 aliphatic rings. The summed E-state index contributed by atoms with van der Waals surface area (Å²) >= 11 is 0. The largest absolute Gasteiger partial charge is 0.492 e. The van der Waals surface area contributed by atoms with Gasteiger partial charge in [-0.25, -0.2) is 4.98 Å². The van der Waals surface area contributed by atoms with Gasteiger partial charge in [-0.15, -0.1) is 0 Å². The van der Waals surface area contributed by atoms with Crippen molar-refractivity contribution < 1.29 is 9.53 Å². The summed E-state index contributed by atoms with van der Waals surface area (Å²) in [6.45, 7) is 8.17. The molecule has 2 heterocycles. The van der Waals surface area contributed by atoms with E-state index >= 15 is 0 Å². The number of aromatic nitrogens is 2. The minimum absolute atomic E-state index is 0.0472. The lowest BCUT2D eigenvalue weighted by Crippen LogP contribution is -2.25. The summed E-state index contributed by atoms with van der Waals surface area (Å²) in [5.74, 6) is 2.07. The topological polar surface area (TPSA) is 47.4 Å². The van der Waals surface area contributed by atoms with Crippen LogP contribution in [0.2, 0.25) is 0 Å². The maximum absolute atomic E-state index is 13.1. The Bertz CT molecular complexity index is 1320. The first-order valence-corrected chi connectivity index (χ1v) is 12.1. The van der Waals surface area contributed by atoms with Crippen molar-refractivity contribution in [2.75, 3.05) is 18.1 Å². The molecule has 1 atom stereocenters. The number of rotatable bonds is 7. The van der Waals surface area contributed by atoms with Crippen LogP contribution in [0.1, 0.15) is 41.8 Å². The van der Waals surface area contributed by atoms with E-state index in [1.807, 2.05) is 35.2 Å². The highest BCUT2D eigenvalue weighted by atomic mass is 16.5. The van der Waals surface area contributed by atoms with Crippen LogP contribution in [0, 0.1) is 13.8 Å². The van der Waals surface area contributed by atoms with Crippen molar-refractivity contribution in [1.82, 2.24) is 9.55 Å². The summed E-state index contributed by atoms with van der Waals surface area (Å²) in [5, 5.41) is 0. The number of hydrogen-bond acceptors (Lipinski definition) is 3. The third-order valence-electron chi connectivity index (χ3n) is 6.62. The van der Waals surface area contributed by atoms with Crippen molar-refractivity contribution in [2.24, 2.45) is 0 Å². The molecule has 3 aromatic carbocycles. The molecule has 5 heteroatoms. The van der Waals surface area contributed by atoms with E-state index in [1.54, 1.807) is 0 Å². The summed E-state index contributed by atoms with van der Waals surface area (Å²) < 4.78 is 8.36. The smallest absolute Gasteiger partial charge is 0.227 e. The van der Waals surface area contributed by atoms with Crippen LogP contribution in [-0.2, 0) is 17.8 Å². The standard InChI is InChI=1S/C29H31N3O2/c1-4-22-9-5-7-11-26(22)32-19-23(18-28(32)33)29-30-25-10-6-8-12-27(25)31(29)13-14-34-24-16-20(2)15-21(3)17-24/h5-12,15-17,23H,4,13-14,18-19H2,1-3H3. The van der Waals surface area contributed by atoms with E-state index in [2.05, 4.69) is 61.7 Å². The number of benzene rings is 3. The molecule has 0 N–H and O–H groups in total. The van der Waals surface area contributed by atoms with Crippen molar-refractivity contribution in [2.45, 2.75) is 46.1 Å². The molecule has 174 valence electrons. The van der Waals surface area contributed by atoms with E-state index < -0.39 is 0 Å². The number of para-hydroxylation sites is 3. The minimum Gasteiger partial charge on any atom is -0.492 e. The fourth-order valence-electron chi connectivity index (χ4n) is 5.10. The number of carbonyl (C=O) groups is 1. The first-order valence-electron chi connectivity index (χ1n) is 12.1. The summed E-state index contributed by atoms with van der Waals surface area (Å²) in [4.78, 5) is 20.0. The van der Waals surface area contributed by atoms with Crippen molar-refractivity contribution in [3.8, 4) is 5.75 Å². The first kappa shape index (κ1) is 22.2. The fourth-order valence-corrected chi connectivity index (χ4v) is 5.10. The second kappa shape index (κ2) is 9.34. The summed E-state index contributed by atoms with van der Waals surface area (Å²) in [6, 6.07) is 22.7. The highest BCUT2D eigenvalue weighted by molar-refractivity contribution is 5.97. The number of fused-ring (bicyclic) bond motifs is 1. The maximum Gasteiger partial charge on any atom is 0.227 e. The molecule has 4 aromatic rings. The monoisotopic (exact) mass is 453 g/mol. The van der Waals surface area contributed by atoms with Crippen molar-refractivity contribution in [3.05, 3.63) is 89.2 Å². The fraction of sp³-hybridized carbons (Fsp3) is 0.310. The summed E-state index contributed by atoms with van der Waals surface area (Å²) in [5.41, 5.74) is 6.66. The maximum atomic E-state index is 13.1. The molecule has 0 bridgehead atoms. The van der Waals surface area contributed by atoms with E-state index in [1.165, 1.54) is 16.7 Å². The molecule has 1 aromatic heterocycles. The van der Waals surface area contributed by atoms with Crippen molar-refractivity contribution in [1.29, 1.82) is 0 Å². The lowest BCUT2D eigenvalue weighted by molar-refractivity contribution is -0.117. The molecule has 1 unspecified atom stereocenters.